The molecule has 0 heterocycles. The molecule has 0 radical (unpaired) electrons. The number of methoxy groups -OCH3 is 1. The summed E-state index contributed by atoms with van der Waals surface area (Å²) in [6.45, 7) is 8.44. The summed E-state index contributed by atoms with van der Waals surface area (Å²) in [5.41, 5.74) is -0.785. The maximum Gasteiger partial charge on any atom is 0.322 e. The van der Waals surface area contributed by atoms with Crippen LogP contribution in [-0.2, 0) is 9.53 Å². The maximum absolute atomic E-state index is 11.6. The van der Waals surface area contributed by atoms with E-state index >= 15 is 0 Å². The second-order valence-corrected chi connectivity index (χ2v) is 5.69. The normalized spacial score (nSPS) is 16.4. The lowest BCUT2D eigenvalue weighted by Gasteiger charge is -2.28. The van der Waals surface area contributed by atoms with E-state index in [0.29, 0.717) is 18.9 Å². The van der Waals surface area contributed by atoms with Crippen LogP contribution in [0.1, 0.15) is 53.4 Å². The van der Waals surface area contributed by atoms with Gasteiger partial charge in [-0.25, -0.2) is 0 Å². The number of ether oxygens (including phenoxy) is 1. The van der Waals surface area contributed by atoms with E-state index in [1.54, 1.807) is 6.92 Å². The van der Waals surface area contributed by atoms with Crippen LogP contribution in [0, 0.1) is 5.92 Å². The van der Waals surface area contributed by atoms with Gasteiger partial charge in [0.15, 0.2) is 0 Å². The number of aliphatic hydroxyl groups is 1. The van der Waals surface area contributed by atoms with Crippen molar-refractivity contribution >= 4 is 5.97 Å². The van der Waals surface area contributed by atoms with Crippen molar-refractivity contribution in [2.75, 3.05) is 13.7 Å². The highest BCUT2D eigenvalue weighted by atomic mass is 16.5. The molecule has 0 spiro atoms. The van der Waals surface area contributed by atoms with Crippen LogP contribution in [0.25, 0.3) is 0 Å². The Morgan fingerprint density at radius 2 is 2.06 bits per heavy atom. The fourth-order valence-electron chi connectivity index (χ4n) is 2.15. The van der Waals surface area contributed by atoms with Crippen molar-refractivity contribution in [1.82, 2.24) is 5.32 Å². The number of rotatable bonds is 9. The van der Waals surface area contributed by atoms with Gasteiger partial charge in [-0.15, -0.1) is 0 Å². The minimum atomic E-state index is -0.785. The molecule has 2 unspecified atom stereocenters. The quantitative estimate of drug-likeness (QED) is 0.623. The van der Waals surface area contributed by atoms with Crippen molar-refractivity contribution in [3.8, 4) is 0 Å². The molecule has 0 aromatic carbocycles. The van der Waals surface area contributed by atoms with Crippen molar-refractivity contribution in [3.05, 3.63) is 0 Å². The Morgan fingerprint density at radius 3 is 2.50 bits per heavy atom. The third kappa shape index (κ3) is 7.67. The number of hydrogen-bond acceptors (Lipinski definition) is 4. The SMILES string of the molecule is CCCCC(NCC(C)(O)CC(C)C)C(=O)OC. The number of hydrogen-bond donors (Lipinski definition) is 2. The van der Waals surface area contributed by atoms with Gasteiger partial charge in [0.05, 0.1) is 12.7 Å². The molecule has 0 rings (SSSR count). The number of carbonyl (C=O) groups excluding carboxylic acids is 1. The van der Waals surface area contributed by atoms with Gasteiger partial charge >= 0.3 is 5.97 Å². The molecule has 0 saturated heterocycles. The highest BCUT2D eigenvalue weighted by Crippen LogP contribution is 2.15. The van der Waals surface area contributed by atoms with E-state index in [0.717, 1.165) is 19.3 Å². The van der Waals surface area contributed by atoms with Gasteiger partial charge in [-0.1, -0.05) is 33.6 Å². The molecular formula is C14H29NO3. The first-order valence-electron chi connectivity index (χ1n) is 6.86. The first-order chi connectivity index (χ1) is 8.32. The van der Waals surface area contributed by atoms with Crippen molar-refractivity contribution in [2.45, 2.75) is 65.0 Å². The fourth-order valence-corrected chi connectivity index (χ4v) is 2.15. The van der Waals surface area contributed by atoms with Crippen molar-refractivity contribution in [3.63, 3.8) is 0 Å². The van der Waals surface area contributed by atoms with Crippen LogP contribution < -0.4 is 5.32 Å². The summed E-state index contributed by atoms with van der Waals surface area (Å²) in [6, 6.07) is -0.311. The van der Waals surface area contributed by atoms with Gasteiger partial charge in [0.1, 0.15) is 6.04 Å². The summed E-state index contributed by atoms with van der Waals surface area (Å²) in [5, 5.41) is 13.3. The first kappa shape index (κ1) is 17.4. The van der Waals surface area contributed by atoms with Gasteiger partial charge in [-0.05, 0) is 25.7 Å². The molecule has 4 heteroatoms. The molecule has 0 aliphatic rings. The zero-order valence-electron chi connectivity index (χ0n) is 12.5. The molecule has 0 fully saturated rings. The fraction of sp³-hybridized carbons (Fsp3) is 0.929. The van der Waals surface area contributed by atoms with E-state index in [1.807, 2.05) is 0 Å². The third-order valence-electron chi connectivity index (χ3n) is 2.91. The average molecular weight is 259 g/mol. The predicted octanol–water partition coefficient (Wildman–Crippen LogP) is 2.10. The van der Waals surface area contributed by atoms with Gasteiger partial charge in [-0.3, -0.25) is 4.79 Å². The molecule has 0 aromatic heterocycles. The van der Waals surface area contributed by atoms with Crippen molar-refractivity contribution < 1.29 is 14.6 Å². The molecule has 4 nitrogen and oxygen atoms in total. The standard InChI is InChI=1S/C14H29NO3/c1-6-7-8-12(13(16)18-5)15-10-14(4,17)9-11(2)3/h11-12,15,17H,6-10H2,1-5H3. The van der Waals surface area contributed by atoms with Crippen LogP contribution in [0.2, 0.25) is 0 Å². The third-order valence-corrected chi connectivity index (χ3v) is 2.91. The molecule has 108 valence electrons. The number of esters is 1. The Morgan fingerprint density at radius 1 is 1.44 bits per heavy atom. The molecule has 2 atom stereocenters. The summed E-state index contributed by atoms with van der Waals surface area (Å²) < 4.78 is 4.77. The predicted molar refractivity (Wildman–Crippen MR) is 73.4 cm³/mol. The van der Waals surface area contributed by atoms with Crippen LogP contribution in [0.4, 0.5) is 0 Å². The average Bonchev–Trinajstić information content (AvgIpc) is 2.26. The van der Waals surface area contributed by atoms with Crippen LogP contribution >= 0.6 is 0 Å². The minimum absolute atomic E-state index is 0.246. The minimum Gasteiger partial charge on any atom is -0.468 e. The van der Waals surface area contributed by atoms with Crippen molar-refractivity contribution in [2.24, 2.45) is 5.92 Å². The van der Waals surface area contributed by atoms with Gasteiger partial charge < -0.3 is 15.2 Å². The van der Waals surface area contributed by atoms with E-state index < -0.39 is 5.60 Å². The van der Waals surface area contributed by atoms with E-state index in [1.165, 1.54) is 7.11 Å². The molecule has 0 saturated carbocycles. The highest BCUT2D eigenvalue weighted by molar-refractivity contribution is 5.75. The molecular weight excluding hydrogens is 230 g/mol. The molecule has 0 bridgehead atoms. The van der Waals surface area contributed by atoms with Gasteiger partial charge in [-0.2, -0.15) is 0 Å². The van der Waals surface area contributed by atoms with Crippen LogP contribution in [-0.4, -0.2) is 36.4 Å². The molecule has 2 N–H and O–H groups in total. The molecule has 0 aliphatic heterocycles. The molecule has 0 amide bonds. The van der Waals surface area contributed by atoms with E-state index in [4.69, 9.17) is 4.74 Å². The summed E-state index contributed by atoms with van der Waals surface area (Å²) in [5.74, 6) is 0.179. The van der Waals surface area contributed by atoms with Crippen LogP contribution in [0.15, 0.2) is 0 Å². The Bertz CT molecular complexity index is 239. The molecule has 0 aliphatic carbocycles. The Balaban J connectivity index is 4.27. The summed E-state index contributed by atoms with van der Waals surface area (Å²) in [4.78, 5) is 11.6. The van der Waals surface area contributed by atoms with Gasteiger partial charge in [0.25, 0.3) is 0 Å². The van der Waals surface area contributed by atoms with E-state index in [2.05, 4.69) is 26.1 Å². The summed E-state index contributed by atoms with van der Waals surface area (Å²) in [7, 11) is 1.40. The zero-order chi connectivity index (χ0) is 14.2. The zero-order valence-corrected chi connectivity index (χ0v) is 12.5. The molecule has 0 aromatic rings. The highest BCUT2D eigenvalue weighted by Gasteiger charge is 2.25. The number of carbonyl (C=O) groups is 1. The lowest BCUT2D eigenvalue weighted by molar-refractivity contribution is -0.143. The van der Waals surface area contributed by atoms with E-state index in [-0.39, 0.29) is 12.0 Å². The number of unbranched alkanes of at least 4 members (excludes halogenated alkanes) is 1. The van der Waals surface area contributed by atoms with Crippen molar-refractivity contribution in [1.29, 1.82) is 0 Å². The van der Waals surface area contributed by atoms with E-state index in [9.17, 15) is 9.90 Å². The lowest BCUT2D eigenvalue weighted by atomic mass is 9.94. The Hall–Kier alpha value is -0.610. The lowest BCUT2D eigenvalue weighted by Crippen LogP contribution is -2.46. The van der Waals surface area contributed by atoms with Crippen LogP contribution in [0.3, 0.4) is 0 Å². The topological polar surface area (TPSA) is 58.6 Å². The Labute approximate surface area is 111 Å². The second kappa shape index (κ2) is 8.48. The first-order valence-corrected chi connectivity index (χ1v) is 6.86. The number of nitrogens with one attached hydrogen (secondary N) is 1. The second-order valence-electron chi connectivity index (χ2n) is 5.69. The van der Waals surface area contributed by atoms with Gasteiger partial charge in [0.2, 0.25) is 0 Å². The Kier molecular flexibility index (Phi) is 8.20. The smallest absolute Gasteiger partial charge is 0.322 e. The molecule has 18 heavy (non-hydrogen) atoms. The monoisotopic (exact) mass is 259 g/mol. The summed E-state index contributed by atoms with van der Waals surface area (Å²) in [6.07, 6.45) is 3.47. The summed E-state index contributed by atoms with van der Waals surface area (Å²) >= 11 is 0. The van der Waals surface area contributed by atoms with Crippen LogP contribution in [0.5, 0.6) is 0 Å². The van der Waals surface area contributed by atoms with Gasteiger partial charge in [0, 0.05) is 6.54 Å². The largest absolute Gasteiger partial charge is 0.468 e. The maximum atomic E-state index is 11.6.